The van der Waals surface area contributed by atoms with E-state index in [9.17, 15) is 8.42 Å². The van der Waals surface area contributed by atoms with Crippen LogP contribution in [0.5, 0.6) is 0 Å². The van der Waals surface area contributed by atoms with Gasteiger partial charge in [-0.2, -0.15) is 0 Å². The molecule has 8 nitrogen and oxygen atoms in total. The Labute approximate surface area is 144 Å². The molecule has 0 fully saturated rings. The minimum absolute atomic E-state index is 0.103. The molecular formula is C15H28N4O4S. The number of furan rings is 1. The van der Waals surface area contributed by atoms with Gasteiger partial charge >= 0.3 is 0 Å². The maximum Gasteiger partial charge on any atom is 0.211 e. The van der Waals surface area contributed by atoms with Crippen molar-refractivity contribution >= 4 is 16.0 Å². The number of aliphatic imine (C=N–C) groups is 1. The molecule has 0 unspecified atom stereocenters. The molecule has 0 saturated carbocycles. The average Bonchev–Trinajstić information content (AvgIpc) is 3.09. The Hall–Kier alpha value is -1.58. The molecule has 0 atom stereocenters. The Morgan fingerprint density at radius 2 is 2.00 bits per heavy atom. The molecular weight excluding hydrogens is 332 g/mol. The summed E-state index contributed by atoms with van der Waals surface area (Å²) in [6, 6.07) is 3.72. The smallest absolute Gasteiger partial charge is 0.211 e. The molecule has 0 aliphatic carbocycles. The van der Waals surface area contributed by atoms with Crippen LogP contribution < -0.4 is 15.4 Å². The van der Waals surface area contributed by atoms with Crippen molar-refractivity contribution in [2.24, 2.45) is 4.99 Å². The van der Waals surface area contributed by atoms with Crippen LogP contribution >= 0.6 is 0 Å². The Balaban J connectivity index is 2.00. The van der Waals surface area contributed by atoms with Gasteiger partial charge in [0.1, 0.15) is 12.4 Å². The van der Waals surface area contributed by atoms with E-state index in [1.165, 1.54) is 0 Å². The van der Waals surface area contributed by atoms with E-state index in [0.29, 0.717) is 38.7 Å². The summed E-state index contributed by atoms with van der Waals surface area (Å²) in [7, 11) is -1.41. The molecule has 0 radical (unpaired) electrons. The third-order valence-corrected chi connectivity index (χ3v) is 4.56. The first-order valence-electron chi connectivity index (χ1n) is 8.09. The molecule has 1 rings (SSSR count). The summed E-state index contributed by atoms with van der Waals surface area (Å²) in [6.07, 6.45) is 3.16. The summed E-state index contributed by atoms with van der Waals surface area (Å²) in [5.74, 6) is 1.62. The molecule has 0 amide bonds. The van der Waals surface area contributed by atoms with E-state index in [4.69, 9.17) is 9.15 Å². The second-order valence-electron chi connectivity index (χ2n) is 5.06. The Bertz CT molecular complexity index is 558. The average molecular weight is 360 g/mol. The molecule has 24 heavy (non-hydrogen) atoms. The fourth-order valence-corrected chi connectivity index (χ4v) is 2.45. The van der Waals surface area contributed by atoms with Gasteiger partial charge in [0.25, 0.3) is 0 Å². The standard InChI is InChI=1S/C15H28N4O4S/c1-3-24(20,21)19-10-5-8-17-15(16-2)18-9-6-11-22-13-14-7-4-12-23-14/h4,7,12,19H,3,5-6,8-11,13H2,1-2H3,(H2,16,17,18). The van der Waals surface area contributed by atoms with Crippen molar-refractivity contribution < 1.29 is 17.6 Å². The molecule has 9 heteroatoms. The van der Waals surface area contributed by atoms with Gasteiger partial charge in [-0.3, -0.25) is 4.99 Å². The first-order chi connectivity index (χ1) is 11.6. The lowest BCUT2D eigenvalue weighted by atomic mass is 10.4. The number of rotatable bonds is 12. The lowest BCUT2D eigenvalue weighted by Gasteiger charge is -2.12. The zero-order valence-corrected chi connectivity index (χ0v) is 15.2. The lowest BCUT2D eigenvalue weighted by molar-refractivity contribution is 0.105. The van der Waals surface area contributed by atoms with Crippen LogP contribution in [0.1, 0.15) is 25.5 Å². The number of nitrogens with zero attached hydrogens (tertiary/aromatic N) is 1. The Kier molecular flexibility index (Phi) is 10.1. The van der Waals surface area contributed by atoms with E-state index in [2.05, 4.69) is 20.3 Å². The second-order valence-corrected chi connectivity index (χ2v) is 7.16. The van der Waals surface area contributed by atoms with Crippen LogP contribution in [-0.4, -0.2) is 53.4 Å². The van der Waals surface area contributed by atoms with Crippen molar-refractivity contribution in [2.45, 2.75) is 26.4 Å². The van der Waals surface area contributed by atoms with Crippen molar-refractivity contribution in [3.8, 4) is 0 Å². The van der Waals surface area contributed by atoms with Gasteiger partial charge in [-0.15, -0.1) is 0 Å². The highest BCUT2D eigenvalue weighted by Crippen LogP contribution is 2.01. The Morgan fingerprint density at radius 1 is 1.25 bits per heavy atom. The van der Waals surface area contributed by atoms with Crippen LogP contribution in [0.3, 0.4) is 0 Å². The maximum atomic E-state index is 11.3. The maximum absolute atomic E-state index is 11.3. The highest BCUT2D eigenvalue weighted by Gasteiger charge is 2.04. The van der Waals surface area contributed by atoms with Gasteiger partial charge in [0.15, 0.2) is 5.96 Å². The third-order valence-electron chi connectivity index (χ3n) is 3.15. The minimum atomic E-state index is -3.11. The van der Waals surface area contributed by atoms with Crippen LogP contribution in [-0.2, 0) is 21.4 Å². The van der Waals surface area contributed by atoms with Gasteiger partial charge in [0.05, 0.1) is 12.0 Å². The molecule has 1 aromatic heterocycles. The fraction of sp³-hybridized carbons (Fsp3) is 0.667. The zero-order chi connectivity index (χ0) is 17.7. The van der Waals surface area contributed by atoms with Crippen LogP contribution in [0.4, 0.5) is 0 Å². The fourth-order valence-electron chi connectivity index (χ4n) is 1.79. The first kappa shape index (κ1) is 20.5. The van der Waals surface area contributed by atoms with Gasteiger partial charge < -0.3 is 19.8 Å². The molecule has 0 aromatic carbocycles. The van der Waals surface area contributed by atoms with Crippen LogP contribution in [0.15, 0.2) is 27.8 Å². The van der Waals surface area contributed by atoms with E-state index in [-0.39, 0.29) is 5.75 Å². The van der Waals surface area contributed by atoms with Crippen LogP contribution in [0.2, 0.25) is 0 Å². The molecule has 0 aliphatic heterocycles. The van der Waals surface area contributed by atoms with E-state index in [1.54, 1.807) is 20.2 Å². The van der Waals surface area contributed by atoms with Gasteiger partial charge in [-0.05, 0) is 31.9 Å². The van der Waals surface area contributed by atoms with Gasteiger partial charge in [0.2, 0.25) is 10.0 Å². The summed E-state index contributed by atoms with van der Waals surface area (Å²) in [4.78, 5) is 4.11. The molecule has 0 saturated heterocycles. The molecule has 0 aliphatic rings. The van der Waals surface area contributed by atoms with Crippen molar-refractivity contribution in [3.05, 3.63) is 24.2 Å². The Morgan fingerprint density at radius 3 is 2.62 bits per heavy atom. The van der Waals surface area contributed by atoms with Gasteiger partial charge in [-0.25, -0.2) is 13.1 Å². The number of hydrogen-bond acceptors (Lipinski definition) is 5. The number of ether oxygens (including phenoxy) is 1. The van der Waals surface area contributed by atoms with Crippen molar-refractivity contribution in [3.63, 3.8) is 0 Å². The van der Waals surface area contributed by atoms with Crippen LogP contribution in [0.25, 0.3) is 0 Å². The van der Waals surface area contributed by atoms with E-state index < -0.39 is 10.0 Å². The predicted octanol–water partition coefficient (Wildman–Crippen LogP) is 0.681. The highest BCUT2D eigenvalue weighted by molar-refractivity contribution is 7.89. The highest BCUT2D eigenvalue weighted by atomic mass is 32.2. The predicted molar refractivity (Wildman–Crippen MR) is 94.4 cm³/mol. The number of hydrogen-bond donors (Lipinski definition) is 3. The minimum Gasteiger partial charge on any atom is -0.467 e. The molecule has 0 bridgehead atoms. The lowest BCUT2D eigenvalue weighted by Crippen LogP contribution is -2.39. The summed E-state index contributed by atoms with van der Waals surface area (Å²) in [6.45, 7) is 4.52. The number of guanidine groups is 1. The SMILES string of the molecule is CCS(=O)(=O)NCCCNC(=NC)NCCCOCc1ccco1. The second kappa shape index (κ2) is 11.9. The topological polar surface area (TPSA) is 105 Å². The van der Waals surface area contributed by atoms with Crippen LogP contribution in [0, 0.1) is 0 Å². The van der Waals surface area contributed by atoms with E-state index in [0.717, 1.165) is 18.7 Å². The quantitative estimate of drug-likeness (QED) is 0.288. The summed E-state index contributed by atoms with van der Waals surface area (Å²) in [5, 5.41) is 6.31. The van der Waals surface area contributed by atoms with Crippen molar-refractivity contribution in [2.75, 3.05) is 39.0 Å². The number of nitrogens with one attached hydrogen (secondary N) is 3. The molecule has 0 spiro atoms. The van der Waals surface area contributed by atoms with E-state index >= 15 is 0 Å². The van der Waals surface area contributed by atoms with Crippen molar-refractivity contribution in [1.82, 2.24) is 15.4 Å². The van der Waals surface area contributed by atoms with Crippen molar-refractivity contribution in [1.29, 1.82) is 0 Å². The summed E-state index contributed by atoms with van der Waals surface area (Å²) < 4.78 is 35.7. The zero-order valence-electron chi connectivity index (χ0n) is 14.4. The number of sulfonamides is 1. The molecule has 138 valence electrons. The molecule has 1 heterocycles. The monoisotopic (exact) mass is 360 g/mol. The van der Waals surface area contributed by atoms with Gasteiger partial charge in [0, 0.05) is 33.3 Å². The van der Waals surface area contributed by atoms with Gasteiger partial charge in [-0.1, -0.05) is 0 Å². The normalized spacial score (nSPS) is 12.3. The summed E-state index contributed by atoms with van der Waals surface area (Å²) in [5.41, 5.74) is 0. The first-order valence-corrected chi connectivity index (χ1v) is 9.74. The summed E-state index contributed by atoms with van der Waals surface area (Å²) >= 11 is 0. The third kappa shape index (κ3) is 9.53. The largest absolute Gasteiger partial charge is 0.467 e. The van der Waals surface area contributed by atoms with E-state index in [1.807, 2.05) is 12.1 Å². The molecule has 1 aromatic rings. The molecule has 3 N–H and O–H groups in total.